The molecule has 0 atom stereocenters. The van der Waals surface area contributed by atoms with Gasteiger partial charge in [-0.2, -0.15) is 0 Å². The van der Waals surface area contributed by atoms with Gasteiger partial charge in [-0.25, -0.2) is 4.99 Å². The van der Waals surface area contributed by atoms with Gasteiger partial charge in [0.1, 0.15) is 6.54 Å². The van der Waals surface area contributed by atoms with E-state index in [2.05, 4.69) is 27.7 Å². The third-order valence-corrected chi connectivity index (χ3v) is 1.12. The van der Waals surface area contributed by atoms with Crippen LogP contribution >= 0.6 is 12.2 Å². The molecule has 4 heteroatoms. The zero-order chi connectivity index (χ0) is 8.69. The van der Waals surface area contributed by atoms with Crippen LogP contribution in [0.5, 0.6) is 0 Å². The van der Waals surface area contributed by atoms with Crippen molar-refractivity contribution >= 4 is 23.3 Å². The standard InChI is InChI=1S/C7H12N2OS/c1-6(2)3-9-7(10)4-8-5-11/h6H,3-4H2,1-2H3,(H,9,10). The minimum Gasteiger partial charge on any atom is -0.354 e. The van der Waals surface area contributed by atoms with E-state index >= 15 is 0 Å². The molecule has 0 spiro atoms. The van der Waals surface area contributed by atoms with Crippen LogP contribution in [0.2, 0.25) is 0 Å². The average Bonchev–Trinajstić information content (AvgIpc) is 1.97. The van der Waals surface area contributed by atoms with Gasteiger partial charge in [-0.1, -0.05) is 13.8 Å². The summed E-state index contributed by atoms with van der Waals surface area (Å²) >= 11 is 4.31. The highest BCUT2D eigenvalue weighted by atomic mass is 32.1. The van der Waals surface area contributed by atoms with Gasteiger partial charge >= 0.3 is 0 Å². The summed E-state index contributed by atoms with van der Waals surface area (Å²) in [6, 6.07) is 0. The molecule has 0 aliphatic carbocycles. The lowest BCUT2D eigenvalue weighted by Crippen LogP contribution is -2.29. The smallest absolute Gasteiger partial charge is 0.242 e. The number of amides is 1. The Bertz CT molecular complexity index is 173. The van der Waals surface area contributed by atoms with Crippen LogP contribution in [0.4, 0.5) is 0 Å². The van der Waals surface area contributed by atoms with Crippen molar-refractivity contribution in [3.63, 3.8) is 0 Å². The minimum absolute atomic E-state index is 0.0935. The Balaban J connectivity index is 3.45. The molecule has 0 aromatic rings. The normalized spacial score (nSPS) is 9.00. The highest BCUT2D eigenvalue weighted by molar-refractivity contribution is 7.78. The van der Waals surface area contributed by atoms with Gasteiger partial charge in [0.05, 0.1) is 5.16 Å². The lowest BCUT2D eigenvalue weighted by Gasteiger charge is -2.04. The molecule has 0 unspecified atom stereocenters. The zero-order valence-electron chi connectivity index (χ0n) is 6.76. The van der Waals surface area contributed by atoms with E-state index in [4.69, 9.17) is 0 Å². The lowest BCUT2D eigenvalue weighted by atomic mass is 10.2. The van der Waals surface area contributed by atoms with E-state index in [-0.39, 0.29) is 12.5 Å². The molecule has 0 aromatic heterocycles. The Labute approximate surface area is 71.9 Å². The van der Waals surface area contributed by atoms with Gasteiger partial charge in [0, 0.05) is 6.54 Å². The summed E-state index contributed by atoms with van der Waals surface area (Å²) in [6.07, 6.45) is 0. The molecule has 1 N–H and O–H groups in total. The number of carbonyl (C=O) groups excluding carboxylic acids is 1. The van der Waals surface area contributed by atoms with E-state index in [1.807, 2.05) is 13.8 Å². The molecule has 3 nitrogen and oxygen atoms in total. The van der Waals surface area contributed by atoms with Gasteiger partial charge in [-0.15, -0.1) is 0 Å². The molecule has 11 heavy (non-hydrogen) atoms. The second-order valence-corrected chi connectivity index (χ2v) is 2.79. The van der Waals surface area contributed by atoms with Crippen LogP contribution in [0.1, 0.15) is 13.8 Å². The van der Waals surface area contributed by atoms with E-state index in [0.29, 0.717) is 12.5 Å². The summed E-state index contributed by atoms with van der Waals surface area (Å²) in [5.74, 6) is 0.367. The molecular weight excluding hydrogens is 160 g/mol. The fourth-order valence-electron chi connectivity index (χ4n) is 0.478. The number of thiocarbonyl (C=S) groups is 1. The first-order valence-corrected chi connectivity index (χ1v) is 3.88. The van der Waals surface area contributed by atoms with Gasteiger partial charge in [0.25, 0.3) is 0 Å². The number of nitrogens with one attached hydrogen (secondary N) is 1. The molecule has 0 aromatic carbocycles. The van der Waals surface area contributed by atoms with Crippen molar-refractivity contribution in [2.75, 3.05) is 13.1 Å². The first kappa shape index (κ1) is 10.3. The predicted octanol–water partition coefficient (Wildman–Crippen LogP) is 0.861. The molecular formula is C7H12N2OS. The molecule has 0 radical (unpaired) electrons. The van der Waals surface area contributed by atoms with Crippen LogP contribution in [0.3, 0.4) is 0 Å². The van der Waals surface area contributed by atoms with E-state index in [1.165, 1.54) is 0 Å². The second-order valence-electron chi connectivity index (χ2n) is 2.61. The summed E-state index contributed by atoms with van der Waals surface area (Å²) in [6.45, 7) is 4.84. The maximum atomic E-state index is 10.8. The quantitative estimate of drug-likeness (QED) is 0.505. The number of hydrogen-bond donors (Lipinski definition) is 1. The number of nitrogens with zero attached hydrogens (tertiary/aromatic N) is 1. The molecule has 0 aliphatic rings. The highest BCUT2D eigenvalue weighted by Gasteiger charge is 1.98. The molecule has 0 heterocycles. The van der Waals surface area contributed by atoms with Gasteiger partial charge < -0.3 is 5.32 Å². The summed E-state index contributed by atoms with van der Waals surface area (Å²) in [5, 5.41) is 4.83. The van der Waals surface area contributed by atoms with Crippen LogP contribution in [0.15, 0.2) is 4.99 Å². The molecule has 0 bridgehead atoms. The Kier molecular flexibility index (Phi) is 5.61. The Morgan fingerprint density at radius 1 is 1.73 bits per heavy atom. The molecule has 1 amide bonds. The predicted molar refractivity (Wildman–Crippen MR) is 47.7 cm³/mol. The number of isothiocyanates is 1. The fourth-order valence-corrected chi connectivity index (χ4v) is 0.542. The monoisotopic (exact) mass is 172 g/mol. The maximum Gasteiger partial charge on any atom is 0.242 e. The third kappa shape index (κ3) is 7.16. The lowest BCUT2D eigenvalue weighted by molar-refractivity contribution is -0.119. The van der Waals surface area contributed by atoms with E-state index in [1.54, 1.807) is 0 Å². The van der Waals surface area contributed by atoms with E-state index < -0.39 is 0 Å². The largest absolute Gasteiger partial charge is 0.354 e. The van der Waals surface area contributed by atoms with Gasteiger partial charge in [0.15, 0.2) is 0 Å². The van der Waals surface area contributed by atoms with Crippen LogP contribution in [0, 0.1) is 5.92 Å². The topological polar surface area (TPSA) is 41.5 Å². The number of rotatable bonds is 4. The summed E-state index contributed by atoms with van der Waals surface area (Å²) in [4.78, 5) is 14.3. The molecule has 0 aliphatic heterocycles. The van der Waals surface area contributed by atoms with Crippen molar-refractivity contribution < 1.29 is 4.79 Å². The molecule has 0 fully saturated rings. The van der Waals surface area contributed by atoms with E-state index in [9.17, 15) is 4.79 Å². The van der Waals surface area contributed by atoms with Crippen molar-refractivity contribution in [1.29, 1.82) is 0 Å². The van der Waals surface area contributed by atoms with Crippen molar-refractivity contribution in [3.05, 3.63) is 0 Å². The summed E-state index contributed by atoms with van der Waals surface area (Å²) < 4.78 is 0. The van der Waals surface area contributed by atoms with Crippen LogP contribution in [-0.4, -0.2) is 24.2 Å². The van der Waals surface area contributed by atoms with Crippen LogP contribution in [0.25, 0.3) is 0 Å². The average molecular weight is 172 g/mol. The fraction of sp³-hybridized carbons (Fsp3) is 0.714. The van der Waals surface area contributed by atoms with Crippen molar-refractivity contribution in [3.8, 4) is 0 Å². The molecule has 62 valence electrons. The Hall–Kier alpha value is -0.730. The number of aliphatic imine (C=N–C) groups is 1. The van der Waals surface area contributed by atoms with Gasteiger partial charge in [-0.3, -0.25) is 4.79 Å². The van der Waals surface area contributed by atoms with Gasteiger partial charge in [-0.05, 0) is 18.1 Å². The maximum absolute atomic E-state index is 10.8. The molecule has 0 saturated carbocycles. The third-order valence-electron chi connectivity index (χ3n) is 0.995. The van der Waals surface area contributed by atoms with Crippen molar-refractivity contribution in [2.45, 2.75) is 13.8 Å². The first-order chi connectivity index (χ1) is 5.16. The first-order valence-electron chi connectivity index (χ1n) is 3.47. The highest BCUT2D eigenvalue weighted by Crippen LogP contribution is 1.86. The van der Waals surface area contributed by atoms with E-state index in [0.717, 1.165) is 0 Å². The number of hydrogen-bond acceptors (Lipinski definition) is 3. The SMILES string of the molecule is CC(C)CNC(=O)CN=C=S. The molecule has 0 rings (SSSR count). The minimum atomic E-state index is -0.101. The number of carbonyl (C=O) groups is 1. The van der Waals surface area contributed by atoms with Crippen molar-refractivity contribution in [1.82, 2.24) is 5.32 Å². The second kappa shape index (κ2) is 6.01. The van der Waals surface area contributed by atoms with Gasteiger partial charge in [0.2, 0.25) is 5.91 Å². The Morgan fingerprint density at radius 2 is 2.36 bits per heavy atom. The van der Waals surface area contributed by atoms with Crippen molar-refractivity contribution in [2.24, 2.45) is 10.9 Å². The van der Waals surface area contributed by atoms with Crippen LogP contribution in [-0.2, 0) is 4.79 Å². The zero-order valence-corrected chi connectivity index (χ0v) is 7.57. The molecule has 0 saturated heterocycles. The summed E-state index contributed by atoms with van der Waals surface area (Å²) in [7, 11) is 0. The van der Waals surface area contributed by atoms with Crippen LogP contribution < -0.4 is 5.32 Å². The Morgan fingerprint density at radius 3 is 2.82 bits per heavy atom. The summed E-state index contributed by atoms with van der Waals surface area (Å²) in [5.41, 5.74) is 0.